The lowest BCUT2D eigenvalue weighted by Gasteiger charge is -2.10. The molecule has 2 N–H and O–H groups in total. The van der Waals surface area contributed by atoms with Gasteiger partial charge in [0, 0.05) is 12.2 Å². The summed E-state index contributed by atoms with van der Waals surface area (Å²) in [4.78, 5) is 24.0. The molecule has 0 atom stereocenters. The number of rotatable bonds is 8. The summed E-state index contributed by atoms with van der Waals surface area (Å²) in [6.07, 6.45) is 0.420. The fourth-order valence-corrected chi connectivity index (χ4v) is 2.62. The van der Waals surface area contributed by atoms with Crippen molar-refractivity contribution >= 4 is 17.5 Å². The van der Waals surface area contributed by atoms with Crippen LogP contribution in [-0.2, 0) is 16.0 Å². The highest BCUT2D eigenvalue weighted by Crippen LogP contribution is 2.27. The Hall–Kier alpha value is -3.02. The van der Waals surface area contributed by atoms with Gasteiger partial charge in [-0.05, 0) is 61.2 Å². The summed E-state index contributed by atoms with van der Waals surface area (Å²) >= 11 is 0. The van der Waals surface area contributed by atoms with Crippen LogP contribution in [0.3, 0.4) is 0 Å². The van der Waals surface area contributed by atoms with Crippen molar-refractivity contribution in [1.82, 2.24) is 5.32 Å². The number of nitrogens with one attached hydrogen (secondary N) is 2. The SMILES string of the molecule is COc1ccc(CCNC(=O)CC(=O)Nc2ccc(C)c(C)c2)cc1OC. The molecule has 2 aromatic carbocycles. The van der Waals surface area contributed by atoms with Crippen molar-refractivity contribution in [1.29, 1.82) is 0 Å². The second-order valence-corrected chi connectivity index (χ2v) is 6.31. The van der Waals surface area contributed by atoms with Crippen LogP contribution in [0.2, 0.25) is 0 Å². The van der Waals surface area contributed by atoms with Gasteiger partial charge in [-0.3, -0.25) is 9.59 Å². The minimum absolute atomic E-state index is 0.209. The Kier molecular flexibility index (Phi) is 7.23. The molecular weight excluding hydrogens is 344 g/mol. The maximum atomic E-state index is 12.0. The van der Waals surface area contributed by atoms with E-state index >= 15 is 0 Å². The van der Waals surface area contributed by atoms with E-state index < -0.39 is 0 Å². The third kappa shape index (κ3) is 6.02. The van der Waals surface area contributed by atoms with Crippen LogP contribution >= 0.6 is 0 Å². The molecule has 0 radical (unpaired) electrons. The van der Waals surface area contributed by atoms with Gasteiger partial charge in [-0.15, -0.1) is 0 Å². The van der Waals surface area contributed by atoms with Gasteiger partial charge in [-0.2, -0.15) is 0 Å². The third-order valence-electron chi connectivity index (χ3n) is 4.30. The number of ether oxygens (including phenoxy) is 2. The molecule has 0 aromatic heterocycles. The highest BCUT2D eigenvalue weighted by molar-refractivity contribution is 6.03. The van der Waals surface area contributed by atoms with Gasteiger partial charge in [0.05, 0.1) is 14.2 Å². The lowest BCUT2D eigenvalue weighted by molar-refractivity contribution is -0.126. The Morgan fingerprint density at radius 3 is 2.30 bits per heavy atom. The summed E-state index contributed by atoms with van der Waals surface area (Å²) in [6.45, 7) is 4.42. The van der Waals surface area contributed by atoms with Crippen LogP contribution in [0.1, 0.15) is 23.1 Å². The van der Waals surface area contributed by atoms with E-state index in [0.29, 0.717) is 30.2 Å². The number of carbonyl (C=O) groups is 2. The van der Waals surface area contributed by atoms with Crippen LogP contribution in [-0.4, -0.2) is 32.6 Å². The molecule has 2 amide bonds. The Balaban J connectivity index is 1.78. The first kappa shape index (κ1) is 20.3. The first-order valence-corrected chi connectivity index (χ1v) is 8.77. The number of aryl methyl sites for hydroxylation is 2. The molecule has 6 heteroatoms. The van der Waals surface area contributed by atoms with Crippen molar-refractivity contribution < 1.29 is 19.1 Å². The molecule has 0 aliphatic carbocycles. The molecular formula is C21H26N2O4. The summed E-state index contributed by atoms with van der Waals surface area (Å²) in [6, 6.07) is 11.3. The lowest BCUT2D eigenvalue weighted by atomic mass is 10.1. The monoisotopic (exact) mass is 370 g/mol. The summed E-state index contributed by atoms with van der Waals surface area (Å²) < 4.78 is 10.5. The fraction of sp³-hybridized carbons (Fsp3) is 0.333. The highest BCUT2D eigenvalue weighted by Gasteiger charge is 2.10. The molecule has 0 aliphatic heterocycles. The summed E-state index contributed by atoms with van der Waals surface area (Å²) in [7, 11) is 3.16. The number of benzene rings is 2. The Labute approximate surface area is 159 Å². The Bertz CT molecular complexity index is 818. The van der Waals surface area contributed by atoms with Crippen LogP contribution in [0, 0.1) is 13.8 Å². The molecule has 0 bridgehead atoms. The first-order chi connectivity index (χ1) is 12.9. The molecule has 144 valence electrons. The zero-order chi connectivity index (χ0) is 19.8. The average Bonchev–Trinajstić information content (AvgIpc) is 2.64. The topological polar surface area (TPSA) is 76.7 Å². The molecule has 0 aliphatic rings. The molecule has 0 unspecified atom stereocenters. The van der Waals surface area contributed by atoms with Crippen molar-refractivity contribution in [3.05, 3.63) is 53.1 Å². The van der Waals surface area contributed by atoms with Gasteiger partial charge in [-0.25, -0.2) is 0 Å². The van der Waals surface area contributed by atoms with Crippen LogP contribution < -0.4 is 20.1 Å². The summed E-state index contributed by atoms with van der Waals surface area (Å²) in [5, 5.41) is 5.51. The van der Waals surface area contributed by atoms with E-state index in [4.69, 9.17) is 9.47 Å². The predicted molar refractivity (Wildman–Crippen MR) is 105 cm³/mol. The van der Waals surface area contributed by atoms with Gasteiger partial charge in [0.15, 0.2) is 11.5 Å². The smallest absolute Gasteiger partial charge is 0.233 e. The molecule has 0 heterocycles. The van der Waals surface area contributed by atoms with Gasteiger partial charge < -0.3 is 20.1 Å². The van der Waals surface area contributed by atoms with Gasteiger partial charge in [0.1, 0.15) is 6.42 Å². The quantitative estimate of drug-likeness (QED) is 0.701. The van der Waals surface area contributed by atoms with Crippen molar-refractivity contribution in [2.24, 2.45) is 0 Å². The Morgan fingerprint density at radius 1 is 0.889 bits per heavy atom. The van der Waals surface area contributed by atoms with E-state index in [0.717, 1.165) is 16.7 Å². The first-order valence-electron chi connectivity index (χ1n) is 8.77. The molecule has 0 saturated carbocycles. The van der Waals surface area contributed by atoms with E-state index in [1.165, 1.54) is 0 Å². The predicted octanol–water partition coefficient (Wildman–Crippen LogP) is 3.01. The summed E-state index contributed by atoms with van der Waals surface area (Å²) in [5.41, 5.74) is 3.95. The number of hydrogen-bond donors (Lipinski definition) is 2. The van der Waals surface area contributed by atoms with Gasteiger partial charge in [0.25, 0.3) is 0 Å². The zero-order valence-electron chi connectivity index (χ0n) is 16.2. The second kappa shape index (κ2) is 9.62. The normalized spacial score (nSPS) is 10.2. The van der Waals surface area contributed by atoms with E-state index in [1.807, 2.05) is 50.2 Å². The number of anilines is 1. The molecule has 2 rings (SSSR count). The largest absolute Gasteiger partial charge is 0.493 e. The van der Waals surface area contributed by atoms with Crippen LogP contribution in [0.15, 0.2) is 36.4 Å². The van der Waals surface area contributed by atoms with Crippen LogP contribution in [0.4, 0.5) is 5.69 Å². The zero-order valence-corrected chi connectivity index (χ0v) is 16.2. The molecule has 2 aromatic rings. The highest BCUT2D eigenvalue weighted by atomic mass is 16.5. The van der Waals surface area contributed by atoms with Crippen molar-refractivity contribution in [2.45, 2.75) is 26.7 Å². The number of methoxy groups -OCH3 is 2. The lowest BCUT2D eigenvalue weighted by Crippen LogP contribution is -2.29. The van der Waals surface area contributed by atoms with Gasteiger partial charge >= 0.3 is 0 Å². The van der Waals surface area contributed by atoms with Crippen molar-refractivity contribution in [2.75, 3.05) is 26.1 Å². The maximum Gasteiger partial charge on any atom is 0.233 e. The number of hydrogen-bond acceptors (Lipinski definition) is 4. The van der Waals surface area contributed by atoms with E-state index in [2.05, 4.69) is 10.6 Å². The third-order valence-corrected chi connectivity index (χ3v) is 4.30. The van der Waals surface area contributed by atoms with Gasteiger partial charge in [0.2, 0.25) is 11.8 Å². The van der Waals surface area contributed by atoms with Crippen LogP contribution in [0.25, 0.3) is 0 Å². The minimum atomic E-state index is -0.332. The van der Waals surface area contributed by atoms with Crippen molar-refractivity contribution in [3.8, 4) is 11.5 Å². The standard InChI is InChI=1S/C21H26N2O4/c1-14-5-7-17(11-15(14)2)23-21(25)13-20(24)22-10-9-16-6-8-18(26-3)19(12-16)27-4/h5-8,11-12H,9-10,13H2,1-4H3,(H,22,24)(H,23,25). The maximum absolute atomic E-state index is 12.0. The Morgan fingerprint density at radius 2 is 1.63 bits per heavy atom. The van der Waals surface area contributed by atoms with E-state index in [9.17, 15) is 9.59 Å². The molecule has 27 heavy (non-hydrogen) atoms. The average molecular weight is 370 g/mol. The molecule has 0 saturated heterocycles. The van der Waals surface area contributed by atoms with Crippen LogP contribution in [0.5, 0.6) is 11.5 Å². The number of amides is 2. The number of carbonyl (C=O) groups excluding carboxylic acids is 2. The molecule has 0 spiro atoms. The second-order valence-electron chi connectivity index (χ2n) is 6.31. The fourth-order valence-electron chi connectivity index (χ4n) is 2.62. The van der Waals surface area contributed by atoms with Gasteiger partial charge in [-0.1, -0.05) is 12.1 Å². The summed E-state index contributed by atoms with van der Waals surface area (Å²) in [5.74, 6) is 0.668. The van der Waals surface area contributed by atoms with E-state index in [1.54, 1.807) is 14.2 Å². The van der Waals surface area contributed by atoms with E-state index in [-0.39, 0.29) is 18.2 Å². The molecule has 6 nitrogen and oxygen atoms in total. The molecule has 0 fully saturated rings. The minimum Gasteiger partial charge on any atom is -0.493 e. The van der Waals surface area contributed by atoms with Crippen molar-refractivity contribution in [3.63, 3.8) is 0 Å².